The Kier molecular flexibility index (Phi) is 3.70. The molecular weight excluding hydrogens is 339 g/mol. The van der Waals surface area contributed by atoms with Gasteiger partial charge in [-0.05, 0) is 42.5 Å². The number of hydrogen-bond acceptors (Lipinski definition) is 4. The molecule has 134 valence electrons. The summed E-state index contributed by atoms with van der Waals surface area (Å²) in [6.07, 6.45) is -4.04. The molecule has 25 heavy (non-hydrogen) atoms. The van der Waals surface area contributed by atoms with Gasteiger partial charge in [0.25, 0.3) is 0 Å². The van der Waals surface area contributed by atoms with E-state index >= 15 is 0 Å². The zero-order chi connectivity index (χ0) is 18.6. The number of carbonyl (C=O) groups excluding carboxylic acids is 3. The number of anilines is 1. The molecule has 2 bridgehead atoms. The Morgan fingerprint density at radius 1 is 1.20 bits per heavy atom. The zero-order valence-electron chi connectivity index (χ0n) is 13.6. The lowest BCUT2D eigenvalue weighted by Crippen LogP contribution is -2.47. The average molecular weight is 355 g/mol. The number of amides is 1. The topological polar surface area (TPSA) is 72.5 Å². The Balaban J connectivity index is 1.81. The monoisotopic (exact) mass is 355 g/mol. The second-order valence-corrected chi connectivity index (χ2v) is 6.94. The predicted molar refractivity (Wildman–Crippen MR) is 80.7 cm³/mol. The van der Waals surface area contributed by atoms with Gasteiger partial charge < -0.3 is 10.1 Å². The van der Waals surface area contributed by atoms with Gasteiger partial charge in [0.2, 0.25) is 17.5 Å². The van der Waals surface area contributed by atoms with Crippen molar-refractivity contribution in [1.82, 2.24) is 0 Å². The molecule has 1 N–H and O–H groups in total. The Labute approximate surface area is 141 Å². The fourth-order valence-corrected chi connectivity index (χ4v) is 4.06. The van der Waals surface area contributed by atoms with Gasteiger partial charge in [0.15, 0.2) is 0 Å². The molecule has 1 amide bonds. The van der Waals surface area contributed by atoms with Crippen LogP contribution in [0.4, 0.5) is 18.9 Å². The van der Waals surface area contributed by atoms with Crippen molar-refractivity contribution < 1.29 is 32.3 Å². The highest BCUT2D eigenvalue weighted by Gasteiger charge is 2.72. The highest BCUT2D eigenvalue weighted by Crippen LogP contribution is 2.62. The van der Waals surface area contributed by atoms with E-state index in [9.17, 15) is 27.6 Å². The fraction of sp³-hybridized carbons (Fsp3) is 0.471. The van der Waals surface area contributed by atoms with E-state index in [0.717, 1.165) is 12.1 Å². The fourth-order valence-electron chi connectivity index (χ4n) is 4.06. The molecule has 2 aliphatic rings. The van der Waals surface area contributed by atoms with Crippen LogP contribution in [0.25, 0.3) is 0 Å². The molecule has 5 nitrogen and oxygen atoms in total. The summed E-state index contributed by atoms with van der Waals surface area (Å²) in [5.41, 5.74) is -1.99. The molecule has 0 saturated heterocycles. The lowest BCUT2D eigenvalue weighted by atomic mass is 9.68. The number of halogens is 3. The summed E-state index contributed by atoms with van der Waals surface area (Å²) in [4.78, 5) is 37.2. The molecular formula is C17H16F3NO4. The molecule has 1 aromatic rings. The van der Waals surface area contributed by atoms with Gasteiger partial charge in [-0.3, -0.25) is 14.4 Å². The number of ether oxygens (including phenoxy) is 1. The molecule has 8 heteroatoms. The molecule has 0 unspecified atom stereocenters. The van der Waals surface area contributed by atoms with Crippen molar-refractivity contribution in [3.8, 4) is 5.75 Å². The summed E-state index contributed by atoms with van der Waals surface area (Å²) in [5, 5.41) is 2.55. The summed E-state index contributed by atoms with van der Waals surface area (Å²) in [6.45, 7) is 3.46. The maximum Gasteiger partial charge on any atom is 0.573 e. The van der Waals surface area contributed by atoms with Gasteiger partial charge >= 0.3 is 6.36 Å². The number of alkyl halides is 3. The third kappa shape index (κ3) is 2.51. The number of hydrogen-bond donors (Lipinski definition) is 1. The highest BCUT2D eigenvalue weighted by molar-refractivity contribution is 6.48. The van der Waals surface area contributed by atoms with Crippen molar-refractivity contribution in [2.24, 2.45) is 16.7 Å². The number of nitrogens with one attached hydrogen (secondary N) is 1. The van der Waals surface area contributed by atoms with Gasteiger partial charge in [-0.1, -0.05) is 13.8 Å². The predicted octanol–water partition coefficient (Wildman–Crippen LogP) is 3.10. The van der Waals surface area contributed by atoms with Gasteiger partial charge in [0.1, 0.15) is 11.2 Å². The summed E-state index contributed by atoms with van der Waals surface area (Å²) >= 11 is 0. The molecule has 0 aromatic heterocycles. The normalized spacial score (nSPS) is 27.5. The van der Waals surface area contributed by atoms with Crippen LogP contribution in [-0.2, 0) is 14.4 Å². The third-order valence-electron chi connectivity index (χ3n) is 5.44. The van der Waals surface area contributed by atoms with Crippen LogP contribution in [0.1, 0.15) is 26.7 Å². The number of carbonyl (C=O) groups is 3. The Hall–Kier alpha value is -2.38. The van der Waals surface area contributed by atoms with Crippen LogP contribution < -0.4 is 10.1 Å². The van der Waals surface area contributed by atoms with Gasteiger partial charge in [-0.2, -0.15) is 0 Å². The minimum Gasteiger partial charge on any atom is -0.406 e. The maximum absolute atomic E-state index is 12.8. The minimum atomic E-state index is -4.80. The third-order valence-corrected chi connectivity index (χ3v) is 5.44. The molecule has 0 spiro atoms. The maximum atomic E-state index is 12.8. The van der Waals surface area contributed by atoms with Gasteiger partial charge in [-0.25, -0.2) is 0 Å². The van der Waals surface area contributed by atoms with Gasteiger partial charge in [-0.15, -0.1) is 13.2 Å². The van der Waals surface area contributed by atoms with Crippen LogP contribution in [0.5, 0.6) is 5.75 Å². The molecule has 0 aliphatic heterocycles. The quantitative estimate of drug-likeness (QED) is 0.668. The second kappa shape index (κ2) is 5.31. The molecule has 2 saturated carbocycles. The Morgan fingerprint density at radius 3 is 2.28 bits per heavy atom. The first-order chi connectivity index (χ1) is 11.5. The van der Waals surface area contributed by atoms with Crippen molar-refractivity contribution >= 4 is 23.2 Å². The first kappa shape index (κ1) is 17.4. The van der Waals surface area contributed by atoms with E-state index in [0.29, 0.717) is 6.42 Å². The Bertz CT molecular complexity index is 754. The number of rotatable bonds is 3. The van der Waals surface area contributed by atoms with E-state index in [4.69, 9.17) is 0 Å². The lowest BCUT2D eigenvalue weighted by Gasteiger charge is -2.33. The van der Waals surface area contributed by atoms with Crippen molar-refractivity contribution in [2.75, 3.05) is 5.32 Å². The summed E-state index contributed by atoms with van der Waals surface area (Å²) in [6, 6.07) is 4.61. The van der Waals surface area contributed by atoms with Crippen molar-refractivity contribution in [1.29, 1.82) is 0 Å². The van der Waals surface area contributed by atoms with E-state index in [1.807, 2.05) is 0 Å². The smallest absolute Gasteiger partial charge is 0.406 e. The van der Waals surface area contributed by atoms with E-state index in [2.05, 4.69) is 10.1 Å². The minimum absolute atomic E-state index is 0.222. The standard InChI is InChI=1S/C17H16F3NO4/c1-15(2)11-7-8-16(15,13(23)12(11)22)14(24)21-9-3-5-10(6-4-9)25-17(18,19)20/h3-6,11H,7-8H2,1-2H3,(H,21,24)/t11-,16+/m0/s1. The highest BCUT2D eigenvalue weighted by atomic mass is 19.4. The molecule has 2 aliphatic carbocycles. The van der Waals surface area contributed by atoms with E-state index in [1.165, 1.54) is 12.1 Å². The molecule has 0 heterocycles. The van der Waals surface area contributed by atoms with Crippen LogP contribution in [0, 0.1) is 16.7 Å². The molecule has 1 aromatic carbocycles. The number of Topliss-reactive ketones (excluding diaryl/α,β-unsaturated/α-hetero) is 2. The van der Waals surface area contributed by atoms with Gasteiger partial charge in [0.05, 0.1) is 0 Å². The zero-order valence-corrected chi connectivity index (χ0v) is 13.6. The summed E-state index contributed by atoms with van der Waals surface area (Å²) in [5.74, 6) is -2.67. The molecule has 2 atom stereocenters. The number of benzene rings is 1. The van der Waals surface area contributed by atoms with Gasteiger partial charge in [0, 0.05) is 11.6 Å². The van der Waals surface area contributed by atoms with Crippen LogP contribution in [-0.4, -0.2) is 23.8 Å². The first-order valence-electron chi connectivity index (χ1n) is 7.75. The summed E-state index contributed by atoms with van der Waals surface area (Å²) < 4.78 is 40.2. The SMILES string of the molecule is CC1(C)[C@H]2CC[C@]1(C(=O)Nc1ccc(OC(F)(F)F)cc1)C(=O)C2=O. The molecule has 3 rings (SSSR count). The van der Waals surface area contributed by atoms with E-state index in [1.54, 1.807) is 13.8 Å². The molecule has 2 fully saturated rings. The van der Waals surface area contributed by atoms with Crippen molar-refractivity contribution in [3.63, 3.8) is 0 Å². The van der Waals surface area contributed by atoms with Crippen molar-refractivity contribution in [3.05, 3.63) is 24.3 Å². The second-order valence-electron chi connectivity index (χ2n) is 6.94. The largest absolute Gasteiger partial charge is 0.573 e. The first-order valence-corrected chi connectivity index (χ1v) is 7.75. The average Bonchev–Trinajstić information content (AvgIpc) is 2.84. The number of fused-ring (bicyclic) bond motifs is 2. The van der Waals surface area contributed by atoms with Crippen LogP contribution in [0.2, 0.25) is 0 Å². The lowest BCUT2D eigenvalue weighted by molar-refractivity contribution is -0.274. The van der Waals surface area contributed by atoms with Crippen LogP contribution in [0.3, 0.4) is 0 Å². The van der Waals surface area contributed by atoms with Crippen molar-refractivity contribution in [2.45, 2.75) is 33.1 Å². The Morgan fingerprint density at radius 2 is 1.80 bits per heavy atom. The molecule has 0 radical (unpaired) electrons. The van der Waals surface area contributed by atoms with E-state index < -0.39 is 46.3 Å². The van der Waals surface area contributed by atoms with Crippen LogP contribution in [0.15, 0.2) is 24.3 Å². The van der Waals surface area contributed by atoms with E-state index in [-0.39, 0.29) is 12.1 Å². The number of ketones is 2. The van der Waals surface area contributed by atoms with Crippen LogP contribution >= 0.6 is 0 Å². The summed E-state index contributed by atoms with van der Waals surface area (Å²) in [7, 11) is 0.